The summed E-state index contributed by atoms with van der Waals surface area (Å²) in [6, 6.07) is 0.306. The molecule has 0 unspecified atom stereocenters. The molecule has 0 saturated heterocycles. The second-order valence-corrected chi connectivity index (χ2v) is 14.6. The zero-order valence-electron chi connectivity index (χ0n) is 23.7. The molecule has 13 nitrogen and oxygen atoms in total. The number of Topliss-reactive ketones (excluding diaryl/α,β-unsaturated/α-hetero) is 2. The Hall–Kier alpha value is -2.24. The van der Waals surface area contributed by atoms with Crippen molar-refractivity contribution in [3.8, 4) is 0 Å². The molecule has 3 atom stereocenters. The summed E-state index contributed by atoms with van der Waals surface area (Å²) in [5, 5.41) is 9.43. The molecule has 1 aliphatic heterocycles. The van der Waals surface area contributed by atoms with Crippen LogP contribution < -0.4 is 0 Å². The van der Waals surface area contributed by atoms with Gasteiger partial charge < -0.3 is 24.3 Å². The first-order valence-corrected chi connectivity index (χ1v) is 16.3. The smallest absolute Gasteiger partial charge is 0.303 e. The van der Waals surface area contributed by atoms with Crippen molar-refractivity contribution >= 4 is 54.6 Å². The van der Waals surface area contributed by atoms with Crippen LogP contribution in [0.2, 0.25) is 0 Å². The summed E-state index contributed by atoms with van der Waals surface area (Å²) in [4.78, 5) is 47.2. The van der Waals surface area contributed by atoms with Crippen LogP contribution in [-0.4, -0.2) is 106 Å². The highest BCUT2D eigenvalue weighted by atomic mass is 32.3. The van der Waals surface area contributed by atoms with E-state index in [1.54, 1.807) is 6.92 Å². The van der Waals surface area contributed by atoms with Crippen molar-refractivity contribution in [2.75, 3.05) is 39.1 Å². The van der Waals surface area contributed by atoms with Crippen molar-refractivity contribution < 1.29 is 50.6 Å². The number of likely N-dealkylation sites (N-methyl/N-ethyl adjacent to an activating group) is 1. The van der Waals surface area contributed by atoms with Gasteiger partial charge in [-0.3, -0.25) is 14.4 Å². The minimum atomic E-state index is -4.26. The minimum absolute atomic E-state index is 0.0673. The molecule has 0 radical (unpaired) electrons. The fourth-order valence-electron chi connectivity index (χ4n) is 3.76. The van der Waals surface area contributed by atoms with Crippen LogP contribution in [-0.2, 0) is 48.5 Å². The molecule has 0 saturated carbocycles. The average Bonchev–Trinajstić information content (AvgIpc) is 3.29. The van der Waals surface area contributed by atoms with E-state index in [4.69, 9.17) is 9.47 Å². The molecule has 1 aromatic rings. The van der Waals surface area contributed by atoms with E-state index in [2.05, 4.69) is 0 Å². The molecule has 0 bridgehead atoms. The highest BCUT2D eigenvalue weighted by molar-refractivity contribution is 7.95. The van der Waals surface area contributed by atoms with E-state index in [0.717, 1.165) is 13.8 Å². The number of thiophene rings is 1. The highest BCUT2D eigenvalue weighted by Gasteiger charge is 2.44. The van der Waals surface area contributed by atoms with Crippen LogP contribution in [0.25, 0.3) is 0 Å². The maximum atomic E-state index is 13.4. The summed E-state index contributed by atoms with van der Waals surface area (Å²) >= 11 is 0.502. The van der Waals surface area contributed by atoms with Gasteiger partial charge in [0.15, 0.2) is 21.7 Å². The van der Waals surface area contributed by atoms with Crippen molar-refractivity contribution in [3.05, 3.63) is 11.6 Å². The number of aliphatic hydroxyl groups is 1. The van der Waals surface area contributed by atoms with E-state index in [9.17, 15) is 41.1 Å². The summed E-state index contributed by atoms with van der Waals surface area (Å²) in [7, 11) is -6.90. The lowest BCUT2D eigenvalue weighted by atomic mass is 10.1. The van der Waals surface area contributed by atoms with E-state index in [-0.39, 0.29) is 46.0 Å². The summed E-state index contributed by atoms with van der Waals surface area (Å²) in [5.41, 5.74) is 0.108. The van der Waals surface area contributed by atoms with Crippen molar-refractivity contribution in [1.29, 1.82) is 0 Å². The van der Waals surface area contributed by atoms with Gasteiger partial charge in [0.05, 0.1) is 6.04 Å². The first kappa shape index (κ1) is 35.8. The Labute approximate surface area is 239 Å². The van der Waals surface area contributed by atoms with Gasteiger partial charge in [0.1, 0.15) is 26.1 Å². The Morgan fingerprint density at radius 1 is 1.20 bits per heavy atom. The van der Waals surface area contributed by atoms with Crippen molar-refractivity contribution in [1.82, 2.24) is 9.21 Å². The molecule has 1 amide bonds. The Kier molecular flexibility index (Phi) is 13.5. The average molecular weight is 627 g/mol. The summed E-state index contributed by atoms with van der Waals surface area (Å²) in [6.07, 6.45) is -2.28. The van der Waals surface area contributed by atoms with Gasteiger partial charge in [0.2, 0.25) is 0 Å². The van der Waals surface area contributed by atoms with E-state index >= 15 is 0 Å². The molecular weight excluding hydrogens is 588 g/mol. The molecule has 1 aromatic heterocycles. The lowest BCUT2D eigenvalue weighted by Gasteiger charge is -2.39. The molecule has 0 aromatic carbocycles. The van der Waals surface area contributed by atoms with Crippen LogP contribution >= 0.6 is 11.3 Å². The monoisotopic (exact) mass is 626 g/mol. The van der Waals surface area contributed by atoms with Crippen molar-refractivity contribution in [2.45, 2.75) is 74.6 Å². The Bertz CT molecular complexity index is 1280. The lowest BCUT2D eigenvalue weighted by molar-refractivity contribution is -0.158. The third kappa shape index (κ3) is 9.41. The van der Waals surface area contributed by atoms with Gasteiger partial charge in [0, 0.05) is 45.8 Å². The number of carbonyl (C=O) groups excluding carboxylic acids is 4. The Morgan fingerprint density at radius 2 is 1.77 bits per heavy atom. The van der Waals surface area contributed by atoms with Crippen LogP contribution in [0, 0.1) is 0 Å². The highest BCUT2D eigenvalue weighted by Crippen LogP contribution is 2.43. The number of aliphatic hydroxyl groups excluding tert-OH is 1. The predicted molar refractivity (Wildman–Crippen MR) is 146 cm³/mol. The minimum Gasteiger partial charge on any atom is -0.453 e. The van der Waals surface area contributed by atoms with Crippen LogP contribution in [0.1, 0.15) is 59.6 Å². The number of ether oxygens (including phenoxy) is 2. The second kappa shape index (κ2) is 15.1. The molecule has 40 heavy (non-hydrogen) atoms. The zero-order valence-corrected chi connectivity index (χ0v) is 26.2. The molecule has 0 spiro atoms. The van der Waals surface area contributed by atoms with Gasteiger partial charge in [-0.2, -0.15) is 4.31 Å². The van der Waals surface area contributed by atoms with Crippen LogP contribution in [0.5, 0.6) is 0 Å². The van der Waals surface area contributed by atoms with E-state index < -0.39 is 61.5 Å². The van der Waals surface area contributed by atoms with E-state index in [1.807, 2.05) is 0 Å². The molecular formula is C24H38N2O11S3. The quantitative estimate of drug-likeness (QED) is 0.258. The number of amides is 1. The zero-order chi connectivity index (χ0) is 31.0. The molecule has 2 heterocycles. The molecule has 1 aliphatic rings. The number of nitrogens with zero attached hydrogens (tertiary/aromatic N) is 2. The largest absolute Gasteiger partial charge is 0.453 e. The van der Waals surface area contributed by atoms with Crippen LogP contribution in [0.15, 0.2) is 14.5 Å². The summed E-state index contributed by atoms with van der Waals surface area (Å²) in [5.74, 6) is -2.99. The fourth-order valence-corrected chi connectivity index (χ4v) is 9.04. The number of esters is 1. The second-order valence-electron chi connectivity index (χ2n) is 9.22. The van der Waals surface area contributed by atoms with Gasteiger partial charge in [-0.15, -0.1) is 11.3 Å². The summed E-state index contributed by atoms with van der Waals surface area (Å²) in [6.45, 7) is 8.76. The van der Waals surface area contributed by atoms with Gasteiger partial charge in [0.25, 0.3) is 15.9 Å². The van der Waals surface area contributed by atoms with Crippen molar-refractivity contribution in [2.24, 2.45) is 0 Å². The number of sulfonamides is 1. The predicted octanol–water partition coefficient (Wildman–Crippen LogP) is 0.949. The lowest BCUT2D eigenvalue weighted by Crippen LogP contribution is -2.49. The number of ketones is 2. The molecule has 228 valence electrons. The van der Waals surface area contributed by atoms with Gasteiger partial charge in [-0.25, -0.2) is 16.8 Å². The Balaban J connectivity index is 0.00000187. The SMILES string of the molecule is CC(C)=O.CCN(C(=O)[C@H](C)OC(C)=O)[C@H]1CN(CCCOC)S(=O)(=O)c2sc(S(=O)(=O)CC(=O)[C@H](C)O)cc21. The first-order valence-electron chi connectivity index (χ1n) is 12.4. The first-order chi connectivity index (χ1) is 18.4. The van der Waals surface area contributed by atoms with E-state index in [0.29, 0.717) is 17.8 Å². The van der Waals surface area contributed by atoms with Gasteiger partial charge in [-0.1, -0.05) is 0 Å². The fraction of sp³-hybridized carbons (Fsp3) is 0.667. The number of hydrogen-bond acceptors (Lipinski definition) is 12. The Morgan fingerprint density at radius 3 is 2.25 bits per heavy atom. The standard InChI is InChI=1S/C21H32N2O10S3.C3H6O/c1-6-23(20(27)14(3)33-15(4)25)17-11-22(8-7-9-32-5)36(30,31)21-16(17)10-19(34-21)35(28,29)12-18(26)13(2)24;1-3(2)4/h10,13-14,17,24H,6-9,11-12H2,1-5H3;1-2H3/t13-,14-,17-;/m0./s1. The van der Waals surface area contributed by atoms with E-state index in [1.165, 1.54) is 43.2 Å². The van der Waals surface area contributed by atoms with Gasteiger partial charge >= 0.3 is 5.97 Å². The number of fused-ring (bicyclic) bond motifs is 1. The number of hydrogen-bond donors (Lipinski definition) is 1. The van der Waals surface area contributed by atoms with Crippen LogP contribution in [0.3, 0.4) is 0 Å². The normalized spacial score (nSPS) is 17.9. The summed E-state index contributed by atoms with van der Waals surface area (Å²) < 4.78 is 63.2. The third-order valence-electron chi connectivity index (χ3n) is 5.56. The number of carbonyl (C=O) groups is 4. The number of sulfone groups is 1. The molecule has 16 heteroatoms. The molecule has 0 aliphatic carbocycles. The maximum absolute atomic E-state index is 13.4. The molecule has 0 fully saturated rings. The van der Waals surface area contributed by atoms with Gasteiger partial charge in [-0.05, 0) is 47.1 Å². The molecule has 1 N–H and O–H groups in total. The number of rotatable bonds is 12. The van der Waals surface area contributed by atoms with Crippen LogP contribution in [0.4, 0.5) is 0 Å². The maximum Gasteiger partial charge on any atom is 0.303 e. The number of methoxy groups -OCH3 is 1. The molecule has 2 rings (SSSR count). The van der Waals surface area contributed by atoms with Crippen molar-refractivity contribution in [3.63, 3.8) is 0 Å². The third-order valence-corrected chi connectivity index (χ3v) is 11.3. The topological polar surface area (TPSA) is 182 Å².